The van der Waals surface area contributed by atoms with Crippen LogP contribution >= 0.6 is 24.8 Å². The second-order valence-corrected chi connectivity index (χ2v) is 16.1. The van der Waals surface area contributed by atoms with Crippen molar-refractivity contribution in [2.24, 2.45) is 11.7 Å². The quantitative estimate of drug-likeness (QED) is 0.123. The van der Waals surface area contributed by atoms with Crippen LogP contribution in [0.25, 0.3) is 0 Å². The molecule has 1 aromatic heterocycles. The molecule has 0 saturated carbocycles. The molecule has 6 rings (SSSR count). The number of nitrogens with zero attached hydrogens (tertiary/aromatic N) is 5. The molecule has 3 aliphatic heterocycles. The number of piperazine rings is 1. The lowest BCUT2D eigenvalue weighted by Crippen LogP contribution is -2.55. The Hall–Kier alpha value is -4.61. The summed E-state index contributed by atoms with van der Waals surface area (Å²) in [4.78, 5) is 61.5. The minimum absolute atomic E-state index is 0. The molecule has 4 heterocycles. The number of benzene rings is 2. The minimum Gasteiger partial charge on any atom is -0.447 e. The van der Waals surface area contributed by atoms with Crippen molar-refractivity contribution in [1.82, 2.24) is 34.9 Å². The molecular formula is C45H66Cl2N8O8. The number of halogens is 2. The summed E-state index contributed by atoms with van der Waals surface area (Å²) in [5.41, 5.74) is 8.63. The zero-order valence-electron chi connectivity index (χ0n) is 36.2. The molecule has 2 aromatic carbocycles. The normalized spacial score (nSPS) is 19.0. The van der Waals surface area contributed by atoms with Crippen molar-refractivity contribution >= 4 is 48.9 Å². The molecule has 0 radical (unpaired) electrons. The fraction of sp³-hybridized carbons (Fsp3) is 0.578. The molecule has 348 valence electrons. The summed E-state index contributed by atoms with van der Waals surface area (Å²) in [5, 5.41) is 6.05. The van der Waals surface area contributed by atoms with Gasteiger partial charge in [-0.2, -0.15) is 0 Å². The number of hydrogen-bond donors (Lipinski definition) is 3. The number of ether oxygens (including phenoxy) is 4. The first-order valence-corrected chi connectivity index (χ1v) is 22.0. The number of urea groups is 1. The number of rotatable bonds is 19. The number of carbonyl (C=O) groups excluding carboxylic acids is 4. The van der Waals surface area contributed by atoms with E-state index in [4.69, 9.17) is 24.7 Å². The number of amides is 5. The molecule has 4 N–H and O–H groups in total. The average molecular weight is 918 g/mol. The van der Waals surface area contributed by atoms with Gasteiger partial charge in [0.05, 0.1) is 19.5 Å². The van der Waals surface area contributed by atoms with Gasteiger partial charge in [0.25, 0.3) is 0 Å². The number of piperidine rings is 1. The van der Waals surface area contributed by atoms with Crippen molar-refractivity contribution in [3.8, 4) is 0 Å². The highest BCUT2D eigenvalue weighted by Crippen LogP contribution is 2.25. The number of imidazole rings is 1. The Bertz CT molecular complexity index is 1780. The van der Waals surface area contributed by atoms with Crippen molar-refractivity contribution in [2.75, 3.05) is 59.0 Å². The highest BCUT2D eigenvalue weighted by atomic mass is 35.5. The van der Waals surface area contributed by atoms with E-state index in [1.165, 1.54) is 12.8 Å². The highest BCUT2D eigenvalue weighted by molar-refractivity contribution is 5.85. The Morgan fingerprint density at radius 3 is 2.11 bits per heavy atom. The van der Waals surface area contributed by atoms with Crippen molar-refractivity contribution < 1.29 is 38.1 Å². The summed E-state index contributed by atoms with van der Waals surface area (Å²) in [6, 6.07) is 17.3. The van der Waals surface area contributed by atoms with Crippen LogP contribution in [-0.2, 0) is 50.0 Å². The number of nitrogens with one attached hydrogen (secondary N) is 2. The van der Waals surface area contributed by atoms with Gasteiger partial charge in [-0.3, -0.25) is 4.79 Å². The Kier molecular flexibility index (Phi) is 22.3. The van der Waals surface area contributed by atoms with Crippen LogP contribution in [0.5, 0.6) is 0 Å². The molecular weight excluding hydrogens is 851 g/mol. The summed E-state index contributed by atoms with van der Waals surface area (Å²) in [6.45, 7) is 5.22. The Morgan fingerprint density at radius 1 is 0.746 bits per heavy atom. The molecule has 63 heavy (non-hydrogen) atoms. The summed E-state index contributed by atoms with van der Waals surface area (Å²) in [5.74, 6) is -0.0815. The minimum atomic E-state index is -0.695. The second-order valence-electron chi connectivity index (χ2n) is 16.1. The lowest BCUT2D eigenvalue weighted by molar-refractivity contribution is -0.178. The molecule has 0 bridgehead atoms. The third-order valence-electron chi connectivity index (χ3n) is 11.7. The number of aromatic nitrogens is 2. The Labute approximate surface area is 383 Å². The fourth-order valence-electron chi connectivity index (χ4n) is 7.93. The molecule has 3 aromatic rings. The molecule has 0 spiro atoms. The second kappa shape index (κ2) is 27.5. The van der Waals surface area contributed by atoms with Gasteiger partial charge in [-0.1, -0.05) is 80.3 Å². The van der Waals surface area contributed by atoms with E-state index >= 15 is 0 Å². The first kappa shape index (κ1) is 51.0. The van der Waals surface area contributed by atoms with Crippen molar-refractivity contribution in [3.63, 3.8) is 0 Å². The largest absolute Gasteiger partial charge is 0.447 e. The van der Waals surface area contributed by atoms with E-state index in [0.29, 0.717) is 84.8 Å². The third kappa shape index (κ3) is 16.5. The Balaban J connectivity index is 0.00000436. The SMILES string of the molecule is Cl.Cl.NCc1ccc(CNC(=O)N2CCN(C(=O)O[C@@H]3CCO[C@H](COC(=O)N4CCC(C(=O)NCCCCCCCCn5ccnc5)CC4)[C@H]3OCc3ccccc3)CC2)cc1. The predicted octanol–water partition coefficient (Wildman–Crippen LogP) is 5.90. The van der Waals surface area contributed by atoms with Gasteiger partial charge < -0.3 is 54.6 Å². The van der Waals surface area contributed by atoms with Crippen LogP contribution in [-0.4, -0.2) is 126 Å². The standard InChI is InChI=1S/C45H64N8O8.2ClH/c46-30-35-12-14-36(15-13-35)31-49-43(55)51-25-27-53(28-26-51)45(57)61-39-18-29-58-40(41(39)59-32-37-10-6-5-7-11-37)33-60-44(56)52-22-16-38(17-23-52)42(54)48-19-8-3-1-2-4-9-21-50-24-20-47-34-50;;/h5-7,10-15,20,24,34,38-41H,1-4,8-9,16-19,21-23,25-33,46H2,(H,48,54)(H,49,55);2*1H/t39-,40-,41+;;/m1../s1. The Morgan fingerprint density at radius 2 is 1.41 bits per heavy atom. The summed E-state index contributed by atoms with van der Waals surface area (Å²) < 4.78 is 26.4. The van der Waals surface area contributed by atoms with Crippen LogP contribution in [0.2, 0.25) is 0 Å². The van der Waals surface area contributed by atoms with E-state index in [-0.39, 0.29) is 55.9 Å². The number of likely N-dealkylation sites (tertiary alicyclic amines) is 1. The maximum atomic E-state index is 13.5. The van der Waals surface area contributed by atoms with Crippen LogP contribution in [0.4, 0.5) is 14.4 Å². The summed E-state index contributed by atoms with van der Waals surface area (Å²) in [6.07, 6.45) is 11.0. The van der Waals surface area contributed by atoms with E-state index in [1.807, 2.05) is 67.1 Å². The number of hydrogen-bond acceptors (Lipinski definition) is 10. The number of nitrogens with two attached hydrogens (primary N) is 1. The van der Waals surface area contributed by atoms with Gasteiger partial charge >= 0.3 is 18.2 Å². The first-order valence-electron chi connectivity index (χ1n) is 22.0. The van der Waals surface area contributed by atoms with Gasteiger partial charge in [-0.15, -0.1) is 24.8 Å². The highest BCUT2D eigenvalue weighted by Gasteiger charge is 2.40. The van der Waals surface area contributed by atoms with Crippen LogP contribution < -0.4 is 16.4 Å². The van der Waals surface area contributed by atoms with E-state index in [1.54, 1.807) is 20.9 Å². The van der Waals surface area contributed by atoms with Gasteiger partial charge in [0.15, 0.2) is 0 Å². The smallest absolute Gasteiger partial charge is 0.410 e. The van der Waals surface area contributed by atoms with E-state index < -0.39 is 30.5 Å². The molecule has 18 heteroatoms. The average Bonchev–Trinajstić information content (AvgIpc) is 3.83. The maximum Gasteiger partial charge on any atom is 0.410 e. The summed E-state index contributed by atoms with van der Waals surface area (Å²) in [7, 11) is 0. The number of unbranched alkanes of at least 4 members (excludes halogenated alkanes) is 5. The van der Waals surface area contributed by atoms with Gasteiger partial charge in [-0.25, -0.2) is 19.4 Å². The fourth-order valence-corrected chi connectivity index (χ4v) is 7.93. The molecule has 3 fully saturated rings. The van der Waals surface area contributed by atoms with Crippen LogP contribution in [0.1, 0.15) is 74.5 Å². The van der Waals surface area contributed by atoms with Gasteiger partial charge in [0.2, 0.25) is 5.91 Å². The zero-order chi connectivity index (χ0) is 42.7. The maximum absolute atomic E-state index is 13.5. The predicted molar refractivity (Wildman–Crippen MR) is 242 cm³/mol. The van der Waals surface area contributed by atoms with Gasteiger partial charge in [-0.05, 0) is 42.4 Å². The van der Waals surface area contributed by atoms with E-state index in [9.17, 15) is 19.2 Å². The van der Waals surface area contributed by atoms with Gasteiger partial charge in [0.1, 0.15) is 24.9 Å². The van der Waals surface area contributed by atoms with Crippen molar-refractivity contribution in [1.29, 1.82) is 0 Å². The van der Waals surface area contributed by atoms with Crippen molar-refractivity contribution in [2.45, 2.75) is 102 Å². The van der Waals surface area contributed by atoms with E-state index in [0.717, 1.165) is 48.9 Å². The molecule has 3 atom stereocenters. The molecule has 3 aliphatic rings. The summed E-state index contributed by atoms with van der Waals surface area (Å²) >= 11 is 0. The lowest BCUT2D eigenvalue weighted by Gasteiger charge is -2.39. The van der Waals surface area contributed by atoms with Gasteiger partial charge in [0, 0.05) is 90.2 Å². The molecule has 16 nitrogen and oxygen atoms in total. The molecule has 0 aliphatic carbocycles. The van der Waals surface area contributed by atoms with E-state index in [2.05, 4.69) is 20.2 Å². The third-order valence-corrected chi connectivity index (χ3v) is 11.7. The van der Waals surface area contributed by atoms with Crippen molar-refractivity contribution in [3.05, 3.63) is 90.0 Å². The lowest BCUT2D eigenvalue weighted by atomic mass is 9.96. The molecule has 3 saturated heterocycles. The monoisotopic (exact) mass is 916 g/mol. The molecule has 5 amide bonds. The number of carbonyl (C=O) groups is 4. The van der Waals surface area contributed by atoms with Crippen LogP contribution in [0, 0.1) is 5.92 Å². The number of aryl methyl sites for hydroxylation is 1. The molecule has 0 unspecified atom stereocenters. The van der Waals surface area contributed by atoms with Crippen LogP contribution in [0.15, 0.2) is 73.3 Å². The zero-order valence-corrected chi connectivity index (χ0v) is 37.8. The van der Waals surface area contributed by atoms with Crippen LogP contribution in [0.3, 0.4) is 0 Å². The topological polar surface area (TPSA) is 183 Å². The first-order chi connectivity index (χ1) is 29.9.